The highest BCUT2D eigenvalue weighted by Crippen LogP contribution is 2.27. The Bertz CT molecular complexity index is 1300. The molecule has 2 heterocycles. The van der Waals surface area contributed by atoms with Gasteiger partial charge in [0, 0.05) is 21.5 Å². The second-order valence-electron chi connectivity index (χ2n) is 7.12. The molecule has 0 saturated heterocycles. The molecular weight excluding hydrogens is 435 g/mol. The summed E-state index contributed by atoms with van der Waals surface area (Å²) in [6.07, 6.45) is 0. The summed E-state index contributed by atoms with van der Waals surface area (Å²) in [5.74, 6) is 0.123. The number of pyridine rings is 1. The van der Waals surface area contributed by atoms with Crippen LogP contribution in [0.5, 0.6) is 5.88 Å². The van der Waals surface area contributed by atoms with Crippen LogP contribution in [0.15, 0.2) is 48.5 Å². The summed E-state index contributed by atoms with van der Waals surface area (Å²) in [4.78, 5) is 17.6. The summed E-state index contributed by atoms with van der Waals surface area (Å²) in [6.45, 7) is 4.23. The SMILES string of the molecule is COc1cc(C(=O)Nc2c(C)nn(Cc3ccc(Cl)cc3Cl)c2C)c2ccccc2n1. The first-order valence-corrected chi connectivity index (χ1v) is 10.4. The highest BCUT2D eigenvalue weighted by atomic mass is 35.5. The number of carbonyl (C=O) groups excluding carboxylic acids is 1. The van der Waals surface area contributed by atoms with Gasteiger partial charge in [0.1, 0.15) is 0 Å². The van der Waals surface area contributed by atoms with Crippen LogP contribution in [0.3, 0.4) is 0 Å². The second-order valence-corrected chi connectivity index (χ2v) is 7.97. The zero-order valence-electron chi connectivity index (χ0n) is 17.2. The maximum absolute atomic E-state index is 13.2. The predicted molar refractivity (Wildman–Crippen MR) is 124 cm³/mol. The number of nitrogens with zero attached hydrogens (tertiary/aromatic N) is 3. The van der Waals surface area contributed by atoms with Crippen LogP contribution in [0.4, 0.5) is 5.69 Å². The second kappa shape index (κ2) is 8.57. The van der Waals surface area contributed by atoms with Gasteiger partial charge in [0.2, 0.25) is 5.88 Å². The molecule has 0 fully saturated rings. The molecule has 2 aromatic heterocycles. The summed E-state index contributed by atoms with van der Waals surface area (Å²) < 4.78 is 7.08. The molecule has 0 aliphatic carbocycles. The molecule has 2 aromatic carbocycles. The maximum Gasteiger partial charge on any atom is 0.256 e. The van der Waals surface area contributed by atoms with Crippen LogP contribution in [-0.2, 0) is 6.54 Å². The number of hydrogen-bond acceptors (Lipinski definition) is 4. The van der Waals surface area contributed by atoms with E-state index in [2.05, 4.69) is 15.4 Å². The van der Waals surface area contributed by atoms with Crippen LogP contribution >= 0.6 is 23.2 Å². The van der Waals surface area contributed by atoms with Gasteiger partial charge in [0.05, 0.1) is 41.8 Å². The Labute approximate surface area is 189 Å². The van der Waals surface area contributed by atoms with E-state index in [0.717, 1.165) is 16.6 Å². The van der Waals surface area contributed by atoms with Gasteiger partial charge in [-0.05, 0) is 37.6 Å². The lowest BCUT2D eigenvalue weighted by molar-refractivity contribution is 0.102. The number of fused-ring (bicyclic) bond motifs is 1. The molecule has 31 heavy (non-hydrogen) atoms. The van der Waals surface area contributed by atoms with Gasteiger partial charge in [0.25, 0.3) is 5.91 Å². The zero-order chi connectivity index (χ0) is 22.1. The molecule has 1 amide bonds. The zero-order valence-corrected chi connectivity index (χ0v) is 18.8. The highest BCUT2D eigenvalue weighted by Gasteiger charge is 2.19. The van der Waals surface area contributed by atoms with Gasteiger partial charge < -0.3 is 10.1 Å². The van der Waals surface area contributed by atoms with Crippen molar-refractivity contribution in [1.82, 2.24) is 14.8 Å². The number of benzene rings is 2. The fourth-order valence-electron chi connectivity index (χ4n) is 3.47. The van der Waals surface area contributed by atoms with Crippen molar-refractivity contribution in [3.8, 4) is 5.88 Å². The fraction of sp³-hybridized carbons (Fsp3) is 0.174. The number of para-hydroxylation sites is 1. The lowest BCUT2D eigenvalue weighted by Gasteiger charge is -2.11. The van der Waals surface area contributed by atoms with Crippen molar-refractivity contribution in [1.29, 1.82) is 0 Å². The van der Waals surface area contributed by atoms with Crippen molar-refractivity contribution in [3.05, 3.63) is 81.1 Å². The van der Waals surface area contributed by atoms with Crippen LogP contribution < -0.4 is 10.1 Å². The minimum Gasteiger partial charge on any atom is -0.481 e. The van der Waals surface area contributed by atoms with Crippen LogP contribution in [0, 0.1) is 13.8 Å². The molecule has 158 valence electrons. The highest BCUT2D eigenvalue weighted by molar-refractivity contribution is 6.35. The Morgan fingerprint density at radius 1 is 1.13 bits per heavy atom. The Balaban J connectivity index is 1.66. The van der Waals surface area contributed by atoms with Gasteiger partial charge in [-0.15, -0.1) is 0 Å². The molecular formula is C23H20Cl2N4O2. The minimum atomic E-state index is -0.257. The Morgan fingerprint density at radius 3 is 2.65 bits per heavy atom. The van der Waals surface area contributed by atoms with E-state index < -0.39 is 0 Å². The third-order valence-electron chi connectivity index (χ3n) is 5.10. The fourth-order valence-corrected chi connectivity index (χ4v) is 3.94. The smallest absolute Gasteiger partial charge is 0.256 e. The van der Waals surface area contributed by atoms with Crippen LogP contribution in [0.25, 0.3) is 10.9 Å². The molecule has 0 aliphatic heterocycles. The Hall–Kier alpha value is -3.09. The number of carbonyl (C=O) groups is 1. The van der Waals surface area contributed by atoms with E-state index in [-0.39, 0.29) is 5.91 Å². The quantitative estimate of drug-likeness (QED) is 0.422. The molecule has 0 radical (unpaired) electrons. The topological polar surface area (TPSA) is 69.0 Å². The first kappa shape index (κ1) is 21.2. The van der Waals surface area contributed by atoms with E-state index in [4.69, 9.17) is 27.9 Å². The van der Waals surface area contributed by atoms with Crippen LogP contribution in [0.2, 0.25) is 10.0 Å². The Morgan fingerprint density at radius 2 is 1.90 bits per heavy atom. The lowest BCUT2D eigenvalue weighted by Crippen LogP contribution is -2.14. The summed E-state index contributed by atoms with van der Waals surface area (Å²) >= 11 is 12.3. The number of nitrogens with one attached hydrogen (secondary N) is 1. The molecule has 4 rings (SSSR count). The number of aryl methyl sites for hydroxylation is 1. The largest absolute Gasteiger partial charge is 0.481 e. The lowest BCUT2D eigenvalue weighted by atomic mass is 10.1. The number of rotatable bonds is 5. The third kappa shape index (κ3) is 4.22. The van der Waals surface area contributed by atoms with Crippen molar-refractivity contribution in [2.24, 2.45) is 0 Å². The van der Waals surface area contributed by atoms with Gasteiger partial charge in [-0.2, -0.15) is 5.10 Å². The normalized spacial score (nSPS) is 11.0. The molecule has 0 bridgehead atoms. The molecule has 0 aliphatic rings. The number of methoxy groups -OCH3 is 1. The van der Waals surface area contributed by atoms with E-state index in [9.17, 15) is 4.79 Å². The average Bonchev–Trinajstić information content (AvgIpc) is 3.02. The number of ether oxygens (including phenoxy) is 1. The van der Waals surface area contributed by atoms with Gasteiger partial charge in [-0.3, -0.25) is 9.48 Å². The number of aromatic nitrogens is 3. The van der Waals surface area contributed by atoms with Crippen molar-refractivity contribution in [2.75, 3.05) is 12.4 Å². The Kier molecular flexibility index (Phi) is 5.85. The van der Waals surface area contributed by atoms with E-state index in [1.165, 1.54) is 7.11 Å². The number of hydrogen-bond donors (Lipinski definition) is 1. The van der Waals surface area contributed by atoms with E-state index in [1.807, 2.05) is 48.9 Å². The number of amides is 1. The van der Waals surface area contributed by atoms with E-state index in [1.54, 1.807) is 18.2 Å². The monoisotopic (exact) mass is 454 g/mol. The van der Waals surface area contributed by atoms with Crippen LogP contribution in [0.1, 0.15) is 27.3 Å². The molecule has 4 aromatic rings. The maximum atomic E-state index is 13.2. The first-order chi connectivity index (χ1) is 14.9. The standard InChI is InChI=1S/C23H20Cl2N4O2/c1-13-22(14(2)29(28-13)12-15-8-9-16(24)10-19(15)25)27-23(30)18-11-21(31-3)26-20-7-5-4-6-17(18)20/h4-11H,12H2,1-3H3,(H,27,30). The summed E-state index contributed by atoms with van der Waals surface area (Å²) in [5, 5.41) is 9.49. The molecule has 6 nitrogen and oxygen atoms in total. The van der Waals surface area contributed by atoms with Crippen molar-refractivity contribution >= 4 is 45.7 Å². The van der Waals surface area contributed by atoms with Gasteiger partial charge in [0.15, 0.2) is 0 Å². The first-order valence-electron chi connectivity index (χ1n) is 9.60. The summed E-state index contributed by atoms with van der Waals surface area (Å²) in [6, 6.07) is 14.5. The van der Waals surface area contributed by atoms with Crippen molar-refractivity contribution in [2.45, 2.75) is 20.4 Å². The summed E-state index contributed by atoms with van der Waals surface area (Å²) in [5.41, 5.74) is 4.25. The van der Waals surface area contributed by atoms with Gasteiger partial charge in [-0.1, -0.05) is 47.5 Å². The average molecular weight is 455 g/mol. The molecule has 0 saturated carbocycles. The summed E-state index contributed by atoms with van der Waals surface area (Å²) in [7, 11) is 1.53. The third-order valence-corrected chi connectivity index (χ3v) is 5.69. The predicted octanol–water partition coefficient (Wildman–Crippen LogP) is 5.66. The van der Waals surface area contributed by atoms with Gasteiger partial charge in [-0.25, -0.2) is 4.98 Å². The molecule has 1 N–H and O–H groups in total. The molecule has 8 heteroatoms. The molecule has 0 atom stereocenters. The van der Waals surface area contributed by atoms with Gasteiger partial charge >= 0.3 is 0 Å². The number of anilines is 1. The number of halogens is 2. The van der Waals surface area contributed by atoms with Crippen LogP contribution in [-0.4, -0.2) is 27.8 Å². The minimum absolute atomic E-state index is 0.257. The van der Waals surface area contributed by atoms with Crippen molar-refractivity contribution in [3.63, 3.8) is 0 Å². The van der Waals surface area contributed by atoms with E-state index >= 15 is 0 Å². The molecule has 0 spiro atoms. The van der Waals surface area contributed by atoms with Crippen molar-refractivity contribution < 1.29 is 9.53 Å². The molecule has 0 unspecified atom stereocenters. The van der Waals surface area contributed by atoms with E-state index in [0.29, 0.717) is 44.9 Å².